The third-order valence-electron chi connectivity index (χ3n) is 4.37. The first-order valence-corrected chi connectivity index (χ1v) is 6.91. The second-order valence-electron chi connectivity index (χ2n) is 5.43. The Balaban J connectivity index is 1.87. The van der Waals surface area contributed by atoms with E-state index >= 15 is 0 Å². The van der Waals surface area contributed by atoms with Crippen LogP contribution in [0, 0.1) is 5.92 Å². The van der Waals surface area contributed by atoms with Gasteiger partial charge in [0.2, 0.25) is 0 Å². The molecule has 2 rings (SSSR count). The fraction of sp³-hybridized carbons (Fsp3) is 0.857. The van der Waals surface area contributed by atoms with Crippen LogP contribution in [-0.4, -0.2) is 36.6 Å². The smallest absolute Gasteiger partial charge is 0.0248 e. The van der Waals surface area contributed by atoms with Crippen molar-refractivity contribution < 1.29 is 0 Å². The molecule has 2 nitrogen and oxygen atoms in total. The van der Waals surface area contributed by atoms with Crippen molar-refractivity contribution in [3.05, 3.63) is 12.7 Å². The van der Waals surface area contributed by atoms with Crippen molar-refractivity contribution in [1.29, 1.82) is 0 Å². The lowest BCUT2D eigenvalue weighted by Gasteiger charge is -2.41. The fourth-order valence-electron chi connectivity index (χ4n) is 3.17. The molecule has 92 valence electrons. The van der Waals surface area contributed by atoms with Crippen LogP contribution in [-0.2, 0) is 0 Å². The Kier molecular flexibility index (Phi) is 4.42. The predicted octanol–water partition coefficient (Wildman–Crippen LogP) is 2.42. The van der Waals surface area contributed by atoms with Crippen LogP contribution in [0.4, 0.5) is 0 Å². The van der Waals surface area contributed by atoms with E-state index in [4.69, 9.17) is 0 Å². The van der Waals surface area contributed by atoms with Gasteiger partial charge in [-0.1, -0.05) is 25.3 Å². The minimum Gasteiger partial charge on any atom is -0.311 e. The fourth-order valence-corrected chi connectivity index (χ4v) is 3.17. The Morgan fingerprint density at radius 2 is 2.06 bits per heavy atom. The van der Waals surface area contributed by atoms with E-state index in [2.05, 4.69) is 29.8 Å². The van der Waals surface area contributed by atoms with E-state index < -0.39 is 0 Å². The van der Waals surface area contributed by atoms with E-state index in [1.54, 1.807) is 0 Å². The van der Waals surface area contributed by atoms with E-state index in [-0.39, 0.29) is 0 Å². The lowest BCUT2D eigenvalue weighted by molar-refractivity contribution is 0.130. The Hall–Kier alpha value is -0.340. The predicted molar refractivity (Wildman–Crippen MR) is 69.6 cm³/mol. The molecule has 1 aliphatic heterocycles. The number of hydrogen-bond donors (Lipinski definition) is 1. The summed E-state index contributed by atoms with van der Waals surface area (Å²) in [5.74, 6) is 0.925. The zero-order chi connectivity index (χ0) is 11.4. The molecule has 2 fully saturated rings. The third kappa shape index (κ3) is 2.86. The molecule has 2 unspecified atom stereocenters. The number of nitrogens with zero attached hydrogens (tertiary/aromatic N) is 1. The van der Waals surface area contributed by atoms with Gasteiger partial charge in [-0.25, -0.2) is 0 Å². The van der Waals surface area contributed by atoms with Crippen LogP contribution in [0.3, 0.4) is 0 Å². The summed E-state index contributed by atoms with van der Waals surface area (Å²) >= 11 is 0. The minimum atomic E-state index is 0.535. The highest BCUT2D eigenvalue weighted by Crippen LogP contribution is 2.28. The first kappa shape index (κ1) is 12.1. The summed E-state index contributed by atoms with van der Waals surface area (Å²) in [5, 5.41) is 3.72. The van der Waals surface area contributed by atoms with Gasteiger partial charge < -0.3 is 5.32 Å². The van der Waals surface area contributed by atoms with Gasteiger partial charge >= 0.3 is 0 Å². The van der Waals surface area contributed by atoms with E-state index in [1.807, 2.05) is 0 Å². The maximum Gasteiger partial charge on any atom is 0.0248 e. The van der Waals surface area contributed by atoms with Crippen LogP contribution in [0.15, 0.2) is 12.7 Å². The molecule has 1 saturated heterocycles. The molecule has 2 aliphatic rings. The van der Waals surface area contributed by atoms with Crippen molar-refractivity contribution in [2.24, 2.45) is 5.92 Å². The highest BCUT2D eigenvalue weighted by Gasteiger charge is 2.28. The van der Waals surface area contributed by atoms with Gasteiger partial charge in [0.1, 0.15) is 0 Å². The quantitative estimate of drug-likeness (QED) is 0.738. The second kappa shape index (κ2) is 5.83. The molecule has 1 saturated carbocycles. The normalized spacial score (nSPS) is 31.2. The van der Waals surface area contributed by atoms with Gasteiger partial charge in [0.15, 0.2) is 0 Å². The molecule has 1 N–H and O–H groups in total. The number of nitrogens with one attached hydrogen (secondary N) is 1. The Labute approximate surface area is 100 Å². The van der Waals surface area contributed by atoms with Crippen LogP contribution >= 0.6 is 0 Å². The van der Waals surface area contributed by atoms with Crippen LogP contribution in [0.2, 0.25) is 0 Å². The molecule has 0 spiro atoms. The molecule has 0 aromatic carbocycles. The molecule has 2 heteroatoms. The van der Waals surface area contributed by atoms with Crippen LogP contribution in [0.25, 0.3) is 0 Å². The van der Waals surface area contributed by atoms with Gasteiger partial charge in [-0.15, -0.1) is 6.58 Å². The molecule has 16 heavy (non-hydrogen) atoms. The molecule has 1 aliphatic carbocycles. The molecule has 0 bridgehead atoms. The Bertz CT molecular complexity index is 221. The molecular weight excluding hydrogens is 196 g/mol. The lowest BCUT2D eigenvalue weighted by atomic mass is 9.83. The zero-order valence-electron chi connectivity index (χ0n) is 10.6. The van der Waals surface area contributed by atoms with Gasteiger partial charge in [0, 0.05) is 31.7 Å². The lowest BCUT2D eigenvalue weighted by Crippen LogP contribution is -2.55. The largest absolute Gasteiger partial charge is 0.311 e. The van der Waals surface area contributed by atoms with Crippen LogP contribution < -0.4 is 5.32 Å². The highest BCUT2D eigenvalue weighted by molar-refractivity contribution is 4.92. The number of rotatable bonds is 3. The SMILES string of the molecule is C=CC(C)N1CCNC(C2CCCCC2)C1. The second-order valence-corrected chi connectivity index (χ2v) is 5.43. The average molecular weight is 222 g/mol. The van der Waals surface area contributed by atoms with Crippen LogP contribution in [0.1, 0.15) is 39.0 Å². The standard InChI is InChI=1S/C14H26N2/c1-3-12(2)16-10-9-15-14(11-16)13-7-5-4-6-8-13/h3,12-15H,1,4-11H2,2H3. The van der Waals surface area contributed by atoms with Crippen molar-refractivity contribution in [3.8, 4) is 0 Å². The van der Waals surface area contributed by atoms with Crippen molar-refractivity contribution in [2.75, 3.05) is 19.6 Å². The van der Waals surface area contributed by atoms with Crippen LogP contribution in [0.5, 0.6) is 0 Å². The molecule has 0 amide bonds. The van der Waals surface area contributed by atoms with Gasteiger partial charge in [-0.2, -0.15) is 0 Å². The van der Waals surface area contributed by atoms with Crippen molar-refractivity contribution in [2.45, 2.75) is 51.1 Å². The number of hydrogen-bond acceptors (Lipinski definition) is 2. The van der Waals surface area contributed by atoms with E-state index in [9.17, 15) is 0 Å². The average Bonchev–Trinajstić information content (AvgIpc) is 2.39. The molecule has 0 aromatic heterocycles. The van der Waals surface area contributed by atoms with E-state index in [1.165, 1.54) is 45.2 Å². The summed E-state index contributed by atoms with van der Waals surface area (Å²) < 4.78 is 0. The first-order chi connectivity index (χ1) is 7.81. The minimum absolute atomic E-state index is 0.535. The molecule has 1 heterocycles. The zero-order valence-corrected chi connectivity index (χ0v) is 10.6. The Morgan fingerprint density at radius 3 is 2.75 bits per heavy atom. The summed E-state index contributed by atoms with van der Waals surface area (Å²) in [6.45, 7) is 9.72. The van der Waals surface area contributed by atoms with Gasteiger partial charge in [-0.05, 0) is 25.7 Å². The Morgan fingerprint density at radius 1 is 1.31 bits per heavy atom. The summed E-state index contributed by atoms with van der Waals surface area (Å²) in [4.78, 5) is 2.57. The van der Waals surface area contributed by atoms with Gasteiger partial charge in [-0.3, -0.25) is 4.90 Å². The third-order valence-corrected chi connectivity index (χ3v) is 4.37. The topological polar surface area (TPSA) is 15.3 Å². The maximum atomic E-state index is 3.91. The van der Waals surface area contributed by atoms with Crippen molar-refractivity contribution in [1.82, 2.24) is 10.2 Å². The summed E-state index contributed by atoms with van der Waals surface area (Å²) in [5.41, 5.74) is 0. The molecule has 0 aromatic rings. The monoisotopic (exact) mass is 222 g/mol. The number of piperazine rings is 1. The molecular formula is C14H26N2. The van der Waals surface area contributed by atoms with E-state index in [0.717, 1.165) is 18.5 Å². The summed E-state index contributed by atoms with van der Waals surface area (Å²) in [6, 6.07) is 1.27. The maximum absolute atomic E-state index is 3.91. The van der Waals surface area contributed by atoms with Crippen molar-refractivity contribution in [3.63, 3.8) is 0 Å². The summed E-state index contributed by atoms with van der Waals surface area (Å²) in [6.07, 6.45) is 9.29. The van der Waals surface area contributed by atoms with Gasteiger partial charge in [0.05, 0.1) is 0 Å². The van der Waals surface area contributed by atoms with E-state index in [0.29, 0.717) is 6.04 Å². The van der Waals surface area contributed by atoms with Gasteiger partial charge in [0.25, 0.3) is 0 Å². The molecule has 2 atom stereocenters. The summed E-state index contributed by atoms with van der Waals surface area (Å²) in [7, 11) is 0. The first-order valence-electron chi connectivity index (χ1n) is 6.91. The molecule has 0 radical (unpaired) electrons. The van der Waals surface area contributed by atoms with Crippen molar-refractivity contribution >= 4 is 0 Å². The highest BCUT2D eigenvalue weighted by atomic mass is 15.2.